The second kappa shape index (κ2) is 11.0. The molecule has 1 unspecified atom stereocenters. The molecule has 0 heterocycles. The van der Waals surface area contributed by atoms with E-state index < -0.39 is 13.3 Å². The van der Waals surface area contributed by atoms with Gasteiger partial charge in [-0.3, -0.25) is 4.57 Å². The second-order valence-corrected chi connectivity index (χ2v) is 7.18. The smallest absolute Gasteiger partial charge is 0.324 e. The molecule has 0 amide bonds. The lowest BCUT2D eigenvalue weighted by molar-refractivity contribution is 0.350. The van der Waals surface area contributed by atoms with Gasteiger partial charge in [-0.05, 0) is 12.8 Å². The maximum Gasteiger partial charge on any atom is 0.328 e. The van der Waals surface area contributed by atoms with Gasteiger partial charge in [0.15, 0.2) is 0 Å². The molecule has 0 bridgehead atoms. The number of hydrogen-bond donors (Lipinski definition) is 2. The van der Waals surface area contributed by atoms with Crippen molar-refractivity contribution in [3.05, 3.63) is 0 Å². The van der Waals surface area contributed by atoms with Crippen LogP contribution in [0.1, 0.15) is 84.5 Å². The average molecular weight is 278 g/mol. The van der Waals surface area contributed by atoms with Crippen LogP contribution in [0.3, 0.4) is 0 Å². The first kappa shape index (κ1) is 18.1. The lowest BCUT2D eigenvalue weighted by atomic mass is 10.1. The summed E-state index contributed by atoms with van der Waals surface area (Å²) in [4.78, 5) is 18.2. The highest BCUT2D eigenvalue weighted by molar-refractivity contribution is 7.52. The molecule has 0 spiro atoms. The predicted molar refractivity (Wildman–Crippen MR) is 78.0 cm³/mol. The van der Waals surface area contributed by atoms with Gasteiger partial charge in [0, 0.05) is 0 Å². The highest BCUT2D eigenvalue weighted by Crippen LogP contribution is 2.45. The van der Waals surface area contributed by atoms with Crippen LogP contribution in [0.15, 0.2) is 0 Å². The molecule has 0 aromatic heterocycles. The summed E-state index contributed by atoms with van der Waals surface area (Å²) in [5, 5.41) is 0. The highest BCUT2D eigenvalue weighted by atomic mass is 31.2. The van der Waals surface area contributed by atoms with Gasteiger partial charge in [0.05, 0.1) is 5.66 Å². The zero-order chi connectivity index (χ0) is 13.9. The van der Waals surface area contributed by atoms with E-state index in [1.807, 2.05) is 6.92 Å². The summed E-state index contributed by atoms with van der Waals surface area (Å²) in [6.07, 6.45) is 12.5. The van der Waals surface area contributed by atoms with Crippen LogP contribution in [0.2, 0.25) is 0 Å². The number of unbranched alkanes of at least 4 members (excludes halogenated alkanes) is 8. The van der Waals surface area contributed by atoms with Gasteiger partial charge in [0.2, 0.25) is 0 Å². The van der Waals surface area contributed by atoms with Crippen molar-refractivity contribution >= 4 is 7.60 Å². The second-order valence-electron chi connectivity index (χ2n) is 5.27. The van der Waals surface area contributed by atoms with E-state index in [1.165, 1.54) is 44.9 Å². The number of rotatable bonds is 12. The molecular formula is C14H31O3P. The summed E-state index contributed by atoms with van der Waals surface area (Å²) >= 11 is 0. The molecule has 1 atom stereocenters. The molecule has 0 radical (unpaired) electrons. The van der Waals surface area contributed by atoms with E-state index in [-0.39, 0.29) is 0 Å². The molecule has 0 fully saturated rings. The van der Waals surface area contributed by atoms with Gasteiger partial charge in [0.25, 0.3) is 0 Å². The molecule has 0 aliphatic rings. The minimum Gasteiger partial charge on any atom is -0.324 e. The van der Waals surface area contributed by atoms with E-state index >= 15 is 0 Å². The third-order valence-electron chi connectivity index (χ3n) is 3.59. The summed E-state index contributed by atoms with van der Waals surface area (Å²) in [5.74, 6) is 0. The predicted octanol–water partition coefficient (Wildman–Crippen LogP) is 4.86. The normalized spacial score (nSPS) is 13.8. The summed E-state index contributed by atoms with van der Waals surface area (Å²) < 4.78 is 11.1. The lowest BCUT2D eigenvalue weighted by Gasteiger charge is -2.15. The van der Waals surface area contributed by atoms with Crippen LogP contribution < -0.4 is 0 Å². The first-order chi connectivity index (χ1) is 8.52. The van der Waals surface area contributed by atoms with E-state index in [4.69, 9.17) is 9.79 Å². The van der Waals surface area contributed by atoms with Crippen LogP contribution in [0.25, 0.3) is 0 Å². The molecule has 110 valence electrons. The summed E-state index contributed by atoms with van der Waals surface area (Å²) in [5.41, 5.74) is -0.415. The minimum atomic E-state index is -3.85. The van der Waals surface area contributed by atoms with E-state index in [9.17, 15) is 4.57 Å². The van der Waals surface area contributed by atoms with Crippen molar-refractivity contribution < 1.29 is 14.4 Å². The first-order valence-corrected chi connectivity index (χ1v) is 9.25. The Bertz CT molecular complexity index is 225. The molecule has 0 rings (SSSR count). The van der Waals surface area contributed by atoms with Gasteiger partial charge in [-0.15, -0.1) is 0 Å². The molecule has 0 aromatic rings. The van der Waals surface area contributed by atoms with Gasteiger partial charge in [-0.25, -0.2) is 0 Å². The Balaban J connectivity index is 3.37. The molecule has 4 heteroatoms. The molecule has 2 N–H and O–H groups in total. The summed E-state index contributed by atoms with van der Waals surface area (Å²) in [6.45, 7) is 4.09. The third kappa shape index (κ3) is 10.1. The third-order valence-corrected chi connectivity index (χ3v) is 5.16. The van der Waals surface area contributed by atoms with Gasteiger partial charge < -0.3 is 9.79 Å². The van der Waals surface area contributed by atoms with Crippen LogP contribution in [-0.4, -0.2) is 15.4 Å². The standard InChI is InChI=1S/C14H31O3P/c1-3-5-6-7-8-9-10-11-12-13-14(4-2)18(15,16)17/h14H,3-13H2,1-2H3,(H2,15,16,17). The zero-order valence-electron chi connectivity index (χ0n) is 12.1. The topological polar surface area (TPSA) is 57.5 Å². The molecule has 3 nitrogen and oxygen atoms in total. The fourth-order valence-corrected chi connectivity index (χ4v) is 3.30. The number of hydrogen-bond acceptors (Lipinski definition) is 1. The van der Waals surface area contributed by atoms with Crippen LogP contribution in [0.4, 0.5) is 0 Å². The molecule has 0 aliphatic carbocycles. The van der Waals surface area contributed by atoms with Crippen molar-refractivity contribution in [2.45, 2.75) is 90.1 Å². The Morgan fingerprint density at radius 3 is 1.67 bits per heavy atom. The van der Waals surface area contributed by atoms with Gasteiger partial charge in [0.1, 0.15) is 0 Å². The van der Waals surface area contributed by atoms with Crippen molar-refractivity contribution in [1.29, 1.82) is 0 Å². The largest absolute Gasteiger partial charge is 0.328 e. The maximum atomic E-state index is 11.1. The molecule has 18 heavy (non-hydrogen) atoms. The van der Waals surface area contributed by atoms with Crippen LogP contribution in [-0.2, 0) is 4.57 Å². The van der Waals surface area contributed by atoms with E-state index in [1.54, 1.807) is 0 Å². The van der Waals surface area contributed by atoms with Crippen LogP contribution in [0.5, 0.6) is 0 Å². The Morgan fingerprint density at radius 2 is 1.28 bits per heavy atom. The van der Waals surface area contributed by atoms with Gasteiger partial charge in [-0.2, -0.15) is 0 Å². The Kier molecular flexibility index (Phi) is 11.1. The Labute approximate surface area is 113 Å². The zero-order valence-corrected chi connectivity index (χ0v) is 13.0. The monoisotopic (exact) mass is 278 g/mol. The van der Waals surface area contributed by atoms with Crippen LogP contribution >= 0.6 is 7.60 Å². The van der Waals surface area contributed by atoms with Crippen molar-refractivity contribution in [3.63, 3.8) is 0 Å². The van der Waals surface area contributed by atoms with Gasteiger partial charge in [-0.1, -0.05) is 71.6 Å². The fraction of sp³-hybridized carbons (Fsp3) is 1.00. The first-order valence-electron chi connectivity index (χ1n) is 7.57. The summed E-state index contributed by atoms with van der Waals surface area (Å²) in [6, 6.07) is 0. The highest BCUT2D eigenvalue weighted by Gasteiger charge is 2.25. The molecule has 0 aliphatic heterocycles. The van der Waals surface area contributed by atoms with Crippen molar-refractivity contribution in [2.75, 3.05) is 0 Å². The van der Waals surface area contributed by atoms with Crippen molar-refractivity contribution in [3.8, 4) is 0 Å². The van der Waals surface area contributed by atoms with Crippen molar-refractivity contribution in [1.82, 2.24) is 0 Å². The molecular weight excluding hydrogens is 247 g/mol. The van der Waals surface area contributed by atoms with Crippen LogP contribution in [0, 0.1) is 0 Å². The quantitative estimate of drug-likeness (QED) is 0.396. The van der Waals surface area contributed by atoms with E-state index in [2.05, 4.69) is 6.92 Å². The summed E-state index contributed by atoms with van der Waals surface area (Å²) in [7, 11) is -3.85. The maximum absolute atomic E-state index is 11.1. The minimum absolute atomic E-state index is 0.415. The molecule has 0 aromatic carbocycles. The average Bonchev–Trinajstić information content (AvgIpc) is 2.30. The van der Waals surface area contributed by atoms with E-state index in [0.29, 0.717) is 12.8 Å². The molecule has 0 saturated heterocycles. The molecule has 0 saturated carbocycles. The SMILES string of the molecule is CCCCCCCCCCCC(CC)P(=O)(O)O. The lowest BCUT2D eigenvalue weighted by Crippen LogP contribution is -2.06. The Hall–Kier alpha value is 0.150. The van der Waals surface area contributed by atoms with E-state index in [0.717, 1.165) is 12.8 Å². The van der Waals surface area contributed by atoms with Gasteiger partial charge >= 0.3 is 7.60 Å². The van der Waals surface area contributed by atoms with Crippen molar-refractivity contribution in [2.24, 2.45) is 0 Å². The fourth-order valence-electron chi connectivity index (χ4n) is 2.30. The Morgan fingerprint density at radius 1 is 0.833 bits per heavy atom.